The average molecular weight is 281 g/mol. The normalized spacial score (nSPS) is 18.0. The molecule has 2 aliphatic carbocycles. The molecule has 19 heavy (non-hydrogen) atoms. The molecule has 104 valence electrons. The number of halogens is 1. The van der Waals surface area contributed by atoms with Crippen molar-refractivity contribution in [1.29, 1.82) is 0 Å². The molecule has 0 spiro atoms. The third-order valence-corrected chi connectivity index (χ3v) is 4.06. The first-order valence-corrected chi connectivity index (χ1v) is 6.82. The van der Waals surface area contributed by atoms with Gasteiger partial charge in [-0.15, -0.1) is 12.4 Å². The number of aryl methyl sites for hydroxylation is 1. The third-order valence-electron chi connectivity index (χ3n) is 4.06. The zero-order valence-electron chi connectivity index (χ0n) is 11.2. The Morgan fingerprint density at radius 3 is 2.37 bits per heavy atom. The second-order valence-corrected chi connectivity index (χ2v) is 5.75. The molecule has 0 atom stereocenters. The smallest absolute Gasteiger partial charge is 0.251 e. The summed E-state index contributed by atoms with van der Waals surface area (Å²) in [5.74, 6) is 1.49. The van der Waals surface area contributed by atoms with Crippen LogP contribution in [-0.4, -0.2) is 11.9 Å². The maximum atomic E-state index is 12.3. The van der Waals surface area contributed by atoms with E-state index in [1.807, 2.05) is 19.1 Å². The van der Waals surface area contributed by atoms with Crippen molar-refractivity contribution in [3.8, 4) is 0 Å². The topological polar surface area (TPSA) is 55.1 Å². The van der Waals surface area contributed by atoms with Crippen LogP contribution >= 0.6 is 12.4 Å². The van der Waals surface area contributed by atoms with Crippen LogP contribution in [0.4, 0.5) is 5.69 Å². The van der Waals surface area contributed by atoms with Crippen LogP contribution in [0.25, 0.3) is 0 Å². The van der Waals surface area contributed by atoms with E-state index in [0.717, 1.165) is 23.0 Å². The molecule has 0 saturated heterocycles. The van der Waals surface area contributed by atoms with Crippen molar-refractivity contribution in [2.24, 2.45) is 11.8 Å². The van der Waals surface area contributed by atoms with E-state index in [1.165, 1.54) is 25.7 Å². The molecule has 0 unspecified atom stereocenters. The fourth-order valence-corrected chi connectivity index (χ4v) is 2.64. The van der Waals surface area contributed by atoms with Crippen LogP contribution in [0.15, 0.2) is 18.2 Å². The second kappa shape index (κ2) is 5.41. The predicted octanol–water partition coefficient (Wildman–Crippen LogP) is 2.92. The first kappa shape index (κ1) is 14.2. The zero-order valence-corrected chi connectivity index (χ0v) is 12.0. The number of carbonyl (C=O) groups excluding carboxylic acids is 1. The molecular formula is C15H21ClN2O. The third kappa shape index (κ3) is 3.21. The van der Waals surface area contributed by atoms with Gasteiger partial charge in [-0.2, -0.15) is 0 Å². The number of benzene rings is 1. The number of anilines is 1. The lowest BCUT2D eigenvalue weighted by atomic mass is 10.0. The number of hydrogen-bond acceptors (Lipinski definition) is 2. The Hall–Kier alpha value is -1.22. The molecule has 0 aliphatic heterocycles. The van der Waals surface area contributed by atoms with E-state index in [9.17, 15) is 4.79 Å². The Labute approximate surface area is 120 Å². The zero-order chi connectivity index (χ0) is 12.7. The van der Waals surface area contributed by atoms with Crippen LogP contribution in [0.5, 0.6) is 0 Å². The highest BCUT2D eigenvalue weighted by atomic mass is 35.5. The van der Waals surface area contributed by atoms with Gasteiger partial charge in [0.2, 0.25) is 0 Å². The maximum absolute atomic E-state index is 12.3. The lowest BCUT2D eigenvalue weighted by Crippen LogP contribution is -2.38. The highest BCUT2D eigenvalue weighted by Crippen LogP contribution is 2.44. The number of rotatable bonds is 4. The van der Waals surface area contributed by atoms with Crippen molar-refractivity contribution in [2.75, 3.05) is 5.73 Å². The van der Waals surface area contributed by atoms with Crippen molar-refractivity contribution in [3.63, 3.8) is 0 Å². The minimum absolute atomic E-state index is 0. The molecule has 1 aromatic carbocycles. The SMILES string of the molecule is Cc1ccc(N)cc1C(=O)NC(C1CC1)C1CC1.Cl. The Bertz CT molecular complexity index is 469. The fourth-order valence-electron chi connectivity index (χ4n) is 2.64. The van der Waals surface area contributed by atoms with Crippen molar-refractivity contribution in [3.05, 3.63) is 29.3 Å². The number of nitrogens with one attached hydrogen (secondary N) is 1. The Kier molecular flexibility index (Phi) is 4.04. The summed E-state index contributed by atoms with van der Waals surface area (Å²) in [5.41, 5.74) is 8.13. The van der Waals surface area contributed by atoms with E-state index in [1.54, 1.807) is 6.07 Å². The van der Waals surface area contributed by atoms with E-state index >= 15 is 0 Å². The lowest BCUT2D eigenvalue weighted by molar-refractivity contribution is 0.0925. The Morgan fingerprint density at radius 1 is 1.26 bits per heavy atom. The van der Waals surface area contributed by atoms with Crippen LogP contribution < -0.4 is 11.1 Å². The van der Waals surface area contributed by atoms with Gasteiger partial charge in [-0.05, 0) is 62.1 Å². The lowest BCUT2D eigenvalue weighted by Gasteiger charge is -2.18. The van der Waals surface area contributed by atoms with E-state index in [0.29, 0.717) is 11.7 Å². The van der Waals surface area contributed by atoms with Gasteiger partial charge >= 0.3 is 0 Å². The van der Waals surface area contributed by atoms with Crippen LogP contribution in [0.2, 0.25) is 0 Å². The minimum atomic E-state index is 0. The first-order valence-electron chi connectivity index (χ1n) is 6.82. The highest BCUT2D eigenvalue weighted by molar-refractivity contribution is 5.96. The van der Waals surface area contributed by atoms with Crippen molar-refractivity contribution in [1.82, 2.24) is 5.32 Å². The van der Waals surface area contributed by atoms with Gasteiger partial charge in [-0.25, -0.2) is 0 Å². The number of carbonyl (C=O) groups is 1. The molecule has 1 amide bonds. The number of nitrogen functional groups attached to an aromatic ring is 1. The largest absolute Gasteiger partial charge is 0.399 e. The quantitative estimate of drug-likeness (QED) is 0.833. The maximum Gasteiger partial charge on any atom is 0.251 e. The van der Waals surface area contributed by atoms with Gasteiger partial charge < -0.3 is 11.1 Å². The molecule has 0 bridgehead atoms. The predicted molar refractivity (Wildman–Crippen MR) is 79.5 cm³/mol. The summed E-state index contributed by atoms with van der Waals surface area (Å²) in [4.78, 5) is 12.3. The van der Waals surface area contributed by atoms with Crippen LogP contribution in [0, 0.1) is 18.8 Å². The van der Waals surface area contributed by atoms with Crippen LogP contribution in [0.3, 0.4) is 0 Å². The molecule has 3 nitrogen and oxygen atoms in total. The monoisotopic (exact) mass is 280 g/mol. The first-order chi connectivity index (χ1) is 8.65. The van der Waals surface area contributed by atoms with Crippen LogP contribution in [-0.2, 0) is 0 Å². The molecule has 2 fully saturated rings. The molecule has 3 N–H and O–H groups in total. The van der Waals surface area contributed by atoms with E-state index < -0.39 is 0 Å². The van der Waals surface area contributed by atoms with Crippen LogP contribution in [0.1, 0.15) is 41.6 Å². The van der Waals surface area contributed by atoms with Crippen molar-refractivity contribution < 1.29 is 4.79 Å². The van der Waals surface area contributed by atoms with Crippen molar-refractivity contribution in [2.45, 2.75) is 38.6 Å². The summed E-state index contributed by atoms with van der Waals surface area (Å²) in [6, 6.07) is 5.93. The van der Waals surface area contributed by atoms with Gasteiger partial charge in [0.05, 0.1) is 0 Å². The van der Waals surface area contributed by atoms with Crippen molar-refractivity contribution >= 4 is 24.0 Å². The minimum Gasteiger partial charge on any atom is -0.399 e. The fraction of sp³-hybridized carbons (Fsp3) is 0.533. The van der Waals surface area contributed by atoms with Gasteiger partial charge in [-0.3, -0.25) is 4.79 Å². The van der Waals surface area contributed by atoms with Gasteiger partial charge in [0.1, 0.15) is 0 Å². The molecular weight excluding hydrogens is 260 g/mol. The molecule has 3 rings (SSSR count). The molecule has 0 aromatic heterocycles. The molecule has 2 saturated carbocycles. The van der Waals surface area contributed by atoms with E-state index in [-0.39, 0.29) is 18.3 Å². The summed E-state index contributed by atoms with van der Waals surface area (Å²) in [7, 11) is 0. The second-order valence-electron chi connectivity index (χ2n) is 5.75. The molecule has 0 radical (unpaired) electrons. The standard InChI is InChI=1S/C15H20N2O.ClH/c1-9-2-7-12(16)8-13(9)15(18)17-14(10-3-4-10)11-5-6-11;/h2,7-8,10-11,14H,3-6,16H2,1H3,(H,17,18);1H. The molecule has 0 heterocycles. The summed E-state index contributed by atoms with van der Waals surface area (Å²) >= 11 is 0. The number of nitrogens with two attached hydrogens (primary N) is 1. The highest BCUT2D eigenvalue weighted by Gasteiger charge is 2.42. The average Bonchev–Trinajstić information content (AvgIpc) is 3.21. The summed E-state index contributed by atoms with van der Waals surface area (Å²) in [6.45, 7) is 1.96. The summed E-state index contributed by atoms with van der Waals surface area (Å²) in [6.07, 6.45) is 5.10. The molecule has 2 aliphatic rings. The van der Waals surface area contributed by atoms with Gasteiger partial charge in [0.25, 0.3) is 5.91 Å². The molecule has 1 aromatic rings. The van der Waals surface area contributed by atoms with E-state index in [2.05, 4.69) is 5.32 Å². The Balaban J connectivity index is 0.00000133. The number of amides is 1. The van der Waals surface area contributed by atoms with Gasteiger partial charge in [0.15, 0.2) is 0 Å². The Morgan fingerprint density at radius 2 is 1.84 bits per heavy atom. The van der Waals surface area contributed by atoms with Gasteiger partial charge in [0, 0.05) is 17.3 Å². The summed E-state index contributed by atoms with van der Waals surface area (Å²) < 4.78 is 0. The molecule has 4 heteroatoms. The summed E-state index contributed by atoms with van der Waals surface area (Å²) in [5, 5.41) is 3.23. The van der Waals surface area contributed by atoms with E-state index in [4.69, 9.17) is 5.73 Å². The van der Waals surface area contributed by atoms with Gasteiger partial charge in [-0.1, -0.05) is 6.07 Å². The number of hydrogen-bond donors (Lipinski definition) is 2.